The Morgan fingerprint density at radius 2 is 0.651 bits per heavy atom. The van der Waals surface area contributed by atoms with E-state index in [0.717, 1.165) is 44.9 Å². The molecule has 0 aliphatic carbocycles. The summed E-state index contributed by atoms with van der Waals surface area (Å²) in [6.07, 6.45) is 64.8. The largest absolute Gasteiger partial charge is 0.462 e. The summed E-state index contributed by atoms with van der Waals surface area (Å²) in [6, 6.07) is 0. The summed E-state index contributed by atoms with van der Waals surface area (Å²) in [5.41, 5.74) is 0. The summed E-state index contributed by atoms with van der Waals surface area (Å²) in [6.45, 7) is 6.49. The number of carbonyl (C=O) groups excluding carboxylic acids is 3. The van der Waals surface area contributed by atoms with Gasteiger partial charge in [-0.15, -0.1) is 0 Å². The van der Waals surface area contributed by atoms with Crippen molar-refractivity contribution in [2.24, 2.45) is 0 Å². The van der Waals surface area contributed by atoms with Crippen LogP contribution in [0.2, 0.25) is 0 Å². The first-order valence-electron chi connectivity index (χ1n) is 26.5. The first kappa shape index (κ1) is 59.9. The molecule has 0 amide bonds. The van der Waals surface area contributed by atoms with Crippen molar-refractivity contribution >= 4 is 17.9 Å². The molecule has 0 radical (unpaired) electrons. The predicted molar refractivity (Wildman–Crippen MR) is 270 cm³/mol. The molecule has 362 valence electrons. The maximum atomic E-state index is 12.7. The van der Waals surface area contributed by atoms with Gasteiger partial charge >= 0.3 is 17.9 Å². The molecule has 0 heterocycles. The van der Waals surface area contributed by atoms with Gasteiger partial charge in [0.05, 0.1) is 0 Å². The topological polar surface area (TPSA) is 78.9 Å². The highest BCUT2D eigenvalue weighted by molar-refractivity contribution is 5.71. The molecule has 6 nitrogen and oxygen atoms in total. The zero-order valence-electron chi connectivity index (χ0n) is 41.3. The zero-order valence-corrected chi connectivity index (χ0v) is 41.3. The number of rotatable bonds is 47. The molecule has 0 aliphatic rings. The van der Waals surface area contributed by atoms with Crippen LogP contribution in [-0.2, 0) is 28.6 Å². The van der Waals surface area contributed by atoms with E-state index in [1.165, 1.54) is 154 Å². The van der Waals surface area contributed by atoms with E-state index >= 15 is 0 Å². The van der Waals surface area contributed by atoms with E-state index in [4.69, 9.17) is 14.2 Å². The molecule has 6 heteroatoms. The number of hydrogen-bond donors (Lipinski definition) is 0. The Morgan fingerprint density at radius 3 is 1.10 bits per heavy atom. The second-order valence-corrected chi connectivity index (χ2v) is 17.5. The van der Waals surface area contributed by atoms with Crippen LogP contribution in [0.5, 0.6) is 0 Å². The van der Waals surface area contributed by atoms with E-state index < -0.39 is 12.1 Å². The van der Waals surface area contributed by atoms with Gasteiger partial charge in [0.25, 0.3) is 0 Å². The van der Waals surface area contributed by atoms with Crippen LogP contribution in [0.15, 0.2) is 72.9 Å². The lowest BCUT2D eigenvalue weighted by atomic mass is 10.1. The fourth-order valence-corrected chi connectivity index (χ4v) is 7.19. The van der Waals surface area contributed by atoms with Gasteiger partial charge in [-0.25, -0.2) is 0 Å². The molecule has 0 aromatic rings. The number of unbranched alkanes of at least 4 members (excludes halogenated alkanes) is 25. The van der Waals surface area contributed by atoms with Crippen LogP contribution < -0.4 is 0 Å². The van der Waals surface area contributed by atoms with E-state index in [1.54, 1.807) is 0 Å². The van der Waals surface area contributed by atoms with Crippen LogP contribution in [0.3, 0.4) is 0 Å². The molecule has 1 unspecified atom stereocenters. The summed E-state index contributed by atoms with van der Waals surface area (Å²) < 4.78 is 16.7. The van der Waals surface area contributed by atoms with E-state index in [0.29, 0.717) is 19.3 Å². The van der Waals surface area contributed by atoms with Crippen LogP contribution in [0, 0.1) is 0 Å². The Kier molecular flexibility index (Phi) is 48.9. The van der Waals surface area contributed by atoms with Gasteiger partial charge in [0.15, 0.2) is 6.10 Å². The molecule has 0 spiro atoms. The molecule has 0 rings (SSSR count). The zero-order chi connectivity index (χ0) is 45.8. The second-order valence-electron chi connectivity index (χ2n) is 17.5. The number of carbonyl (C=O) groups is 3. The van der Waals surface area contributed by atoms with Crippen LogP contribution >= 0.6 is 0 Å². The summed E-state index contributed by atoms with van der Waals surface area (Å²) >= 11 is 0. The lowest BCUT2D eigenvalue weighted by Gasteiger charge is -2.18. The van der Waals surface area contributed by atoms with E-state index in [2.05, 4.69) is 81.5 Å². The third-order valence-electron chi connectivity index (χ3n) is 11.2. The number of esters is 3. The Labute approximate surface area is 389 Å². The molecular weight excluding hydrogens is 781 g/mol. The van der Waals surface area contributed by atoms with Gasteiger partial charge in [0, 0.05) is 19.3 Å². The van der Waals surface area contributed by atoms with Crippen LogP contribution in [0.1, 0.15) is 252 Å². The number of hydrogen-bond acceptors (Lipinski definition) is 6. The van der Waals surface area contributed by atoms with Crippen LogP contribution in [0.4, 0.5) is 0 Å². The minimum absolute atomic E-state index is 0.117. The first-order chi connectivity index (χ1) is 31.0. The van der Waals surface area contributed by atoms with Gasteiger partial charge in [-0.1, -0.05) is 222 Å². The fourth-order valence-electron chi connectivity index (χ4n) is 7.19. The molecular formula is C57H98O6. The SMILES string of the molecule is CCCCC/C=C\C=C/CCCCCCCCCCCCC(=O)OCC(COC(=O)CC/C=C\C/C=C\CCCCCCCC)OC(=O)CC/C=C\C/C=C\CCCCCCCC. The minimum Gasteiger partial charge on any atom is -0.462 e. The average molecular weight is 879 g/mol. The van der Waals surface area contributed by atoms with Gasteiger partial charge in [0.1, 0.15) is 13.2 Å². The van der Waals surface area contributed by atoms with Crippen molar-refractivity contribution < 1.29 is 28.6 Å². The maximum Gasteiger partial charge on any atom is 0.306 e. The second kappa shape index (κ2) is 51.5. The van der Waals surface area contributed by atoms with Gasteiger partial charge in [0.2, 0.25) is 0 Å². The minimum atomic E-state index is -0.828. The molecule has 0 saturated carbocycles. The third kappa shape index (κ3) is 49.7. The quantitative estimate of drug-likeness (QED) is 0.0199. The van der Waals surface area contributed by atoms with Crippen LogP contribution in [-0.4, -0.2) is 37.2 Å². The van der Waals surface area contributed by atoms with Gasteiger partial charge in [-0.05, 0) is 83.5 Å². The molecule has 0 N–H and O–H groups in total. The molecule has 0 aromatic carbocycles. The van der Waals surface area contributed by atoms with Crippen molar-refractivity contribution in [2.75, 3.05) is 13.2 Å². The van der Waals surface area contributed by atoms with Gasteiger partial charge < -0.3 is 14.2 Å². The highest BCUT2D eigenvalue weighted by Crippen LogP contribution is 2.14. The lowest BCUT2D eigenvalue weighted by molar-refractivity contribution is -0.166. The molecule has 0 aliphatic heterocycles. The van der Waals surface area contributed by atoms with E-state index in [1.807, 2.05) is 12.2 Å². The van der Waals surface area contributed by atoms with Gasteiger partial charge in [-0.3, -0.25) is 14.4 Å². The molecule has 0 saturated heterocycles. The number of allylic oxidation sites excluding steroid dienone is 12. The van der Waals surface area contributed by atoms with E-state index in [9.17, 15) is 14.4 Å². The summed E-state index contributed by atoms with van der Waals surface area (Å²) in [4.78, 5) is 37.9. The van der Waals surface area contributed by atoms with Crippen molar-refractivity contribution in [2.45, 2.75) is 258 Å². The number of ether oxygens (including phenoxy) is 3. The first-order valence-corrected chi connectivity index (χ1v) is 26.5. The maximum absolute atomic E-state index is 12.7. The summed E-state index contributed by atoms with van der Waals surface area (Å²) in [5, 5.41) is 0. The average Bonchev–Trinajstić information content (AvgIpc) is 3.28. The normalized spacial score (nSPS) is 12.6. The predicted octanol–water partition coefficient (Wildman–Crippen LogP) is 17.4. The molecule has 0 fully saturated rings. The molecule has 0 aromatic heterocycles. The fraction of sp³-hybridized carbons (Fsp3) is 0.737. The monoisotopic (exact) mass is 879 g/mol. The van der Waals surface area contributed by atoms with Crippen LogP contribution in [0.25, 0.3) is 0 Å². The molecule has 63 heavy (non-hydrogen) atoms. The lowest BCUT2D eigenvalue weighted by Crippen LogP contribution is -2.30. The summed E-state index contributed by atoms with van der Waals surface area (Å²) in [5.74, 6) is -1.06. The smallest absolute Gasteiger partial charge is 0.306 e. The highest BCUT2D eigenvalue weighted by Gasteiger charge is 2.19. The van der Waals surface area contributed by atoms with E-state index in [-0.39, 0.29) is 38.0 Å². The Hall–Kier alpha value is -3.15. The van der Waals surface area contributed by atoms with Crippen molar-refractivity contribution in [3.05, 3.63) is 72.9 Å². The standard InChI is InChI=1S/C57H98O6/c1-4-7-10-13-16-19-22-25-26-27-28-29-30-33-35-38-41-44-47-50-56(59)62-53-54(63-57(60)51-48-45-42-39-36-32-24-21-18-15-12-9-6-3)52-61-55(58)49-46-43-40-37-34-31-23-20-17-14-11-8-5-2/h16,19,22,25,31-32,34,36,40,42-43,45,54H,4-15,17-18,20-21,23-24,26-30,33,35,37-39,41,44,46-53H2,1-3H3/b19-16-,25-22-,34-31-,36-32-,43-40-,45-42-. The molecule has 1 atom stereocenters. The van der Waals surface area contributed by atoms with Gasteiger partial charge in [-0.2, -0.15) is 0 Å². The molecule has 0 bridgehead atoms. The Bertz CT molecular complexity index is 1190. The van der Waals surface area contributed by atoms with Crippen molar-refractivity contribution in [1.29, 1.82) is 0 Å². The van der Waals surface area contributed by atoms with Crippen molar-refractivity contribution in [1.82, 2.24) is 0 Å². The van der Waals surface area contributed by atoms with Crippen molar-refractivity contribution in [3.8, 4) is 0 Å². The summed E-state index contributed by atoms with van der Waals surface area (Å²) in [7, 11) is 0. The Balaban J connectivity index is 4.45. The van der Waals surface area contributed by atoms with Crippen molar-refractivity contribution in [3.63, 3.8) is 0 Å². The third-order valence-corrected chi connectivity index (χ3v) is 11.2. The Morgan fingerprint density at radius 1 is 0.333 bits per heavy atom. The highest BCUT2D eigenvalue weighted by atomic mass is 16.6.